The molecule has 0 saturated carbocycles. The van der Waals surface area contributed by atoms with Crippen LogP contribution in [0.15, 0.2) is 42.5 Å². The summed E-state index contributed by atoms with van der Waals surface area (Å²) in [6.45, 7) is 6.04. The zero-order valence-electron chi connectivity index (χ0n) is 19.5. The third kappa shape index (κ3) is 5.44. The van der Waals surface area contributed by atoms with E-state index in [0.717, 1.165) is 68.0 Å². The summed E-state index contributed by atoms with van der Waals surface area (Å²) in [6, 6.07) is 14.3. The summed E-state index contributed by atoms with van der Waals surface area (Å²) >= 11 is 0. The van der Waals surface area contributed by atoms with Crippen molar-refractivity contribution in [2.45, 2.75) is 58.1 Å². The number of amides is 1. The fraction of sp³-hybridized carbons (Fsp3) is 0.519. The molecule has 0 aromatic heterocycles. The number of benzene rings is 2. The summed E-state index contributed by atoms with van der Waals surface area (Å²) in [5.74, 6) is 0.723. The van der Waals surface area contributed by atoms with Crippen LogP contribution in [0.1, 0.15) is 73.0 Å². The molecule has 1 unspecified atom stereocenters. The number of piperidine rings is 1. The molecule has 5 heteroatoms. The Morgan fingerprint density at radius 2 is 1.75 bits per heavy atom. The Bertz CT molecular complexity index is 904. The molecule has 2 aromatic rings. The number of fused-ring (bicyclic) bond motifs is 1. The smallest absolute Gasteiger partial charge is 0.251 e. The monoisotopic (exact) mass is 435 g/mol. The zero-order chi connectivity index (χ0) is 22.5. The van der Waals surface area contributed by atoms with Crippen LogP contribution in [0.3, 0.4) is 0 Å². The van der Waals surface area contributed by atoms with Gasteiger partial charge in [0.1, 0.15) is 0 Å². The van der Waals surface area contributed by atoms with Gasteiger partial charge in [-0.2, -0.15) is 0 Å². The van der Waals surface area contributed by atoms with E-state index in [1.807, 2.05) is 18.2 Å². The molecule has 1 amide bonds. The zero-order valence-corrected chi connectivity index (χ0v) is 19.5. The predicted octanol–water partition coefficient (Wildman–Crippen LogP) is 4.90. The largest absolute Gasteiger partial charge is 0.388 e. The molecule has 1 fully saturated rings. The molecule has 172 valence electrons. The van der Waals surface area contributed by atoms with Gasteiger partial charge >= 0.3 is 0 Å². The van der Waals surface area contributed by atoms with Gasteiger partial charge in [-0.15, -0.1) is 0 Å². The van der Waals surface area contributed by atoms with Crippen molar-refractivity contribution in [1.82, 2.24) is 5.32 Å². The van der Waals surface area contributed by atoms with Crippen LogP contribution in [-0.4, -0.2) is 37.7 Å². The second kappa shape index (κ2) is 10.4. The molecule has 0 spiro atoms. The molecular weight excluding hydrogens is 398 g/mol. The highest BCUT2D eigenvalue weighted by molar-refractivity contribution is 5.95. The van der Waals surface area contributed by atoms with Gasteiger partial charge in [0, 0.05) is 55.7 Å². The Hall–Kier alpha value is -2.53. The van der Waals surface area contributed by atoms with Crippen molar-refractivity contribution >= 4 is 17.3 Å². The standard InChI is InChI=1S/C27H37N3O2/c1-20-13-16-30(17-14-20)23-10-7-21(8-11-23)19-28-27(32)22-9-12-25-24(18-22)26(31)6-4-3-5-15-29(25)2/h7-12,18,20,26,31H,3-6,13-17,19H2,1-2H3,(H,28,32). The number of hydrogen-bond acceptors (Lipinski definition) is 4. The van der Waals surface area contributed by atoms with Crippen molar-refractivity contribution in [3.63, 3.8) is 0 Å². The Morgan fingerprint density at radius 3 is 2.50 bits per heavy atom. The van der Waals surface area contributed by atoms with Crippen molar-refractivity contribution in [2.24, 2.45) is 5.92 Å². The average Bonchev–Trinajstić information content (AvgIpc) is 2.88. The molecule has 2 aromatic carbocycles. The van der Waals surface area contributed by atoms with Gasteiger partial charge in [0.25, 0.3) is 5.91 Å². The highest BCUT2D eigenvalue weighted by Gasteiger charge is 2.20. The van der Waals surface area contributed by atoms with Gasteiger partial charge in [0.15, 0.2) is 0 Å². The predicted molar refractivity (Wildman–Crippen MR) is 131 cm³/mol. The molecule has 2 heterocycles. The third-order valence-electron chi connectivity index (χ3n) is 7.07. The lowest BCUT2D eigenvalue weighted by Gasteiger charge is -2.32. The number of hydrogen-bond donors (Lipinski definition) is 2. The van der Waals surface area contributed by atoms with Crippen LogP contribution in [0.5, 0.6) is 0 Å². The molecule has 1 atom stereocenters. The Labute approximate surface area is 192 Å². The second-order valence-corrected chi connectivity index (χ2v) is 9.58. The lowest BCUT2D eigenvalue weighted by molar-refractivity contribution is 0.0950. The van der Waals surface area contributed by atoms with E-state index < -0.39 is 6.10 Å². The first-order valence-electron chi connectivity index (χ1n) is 12.2. The van der Waals surface area contributed by atoms with Gasteiger partial charge < -0.3 is 20.2 Å². The van der Waals surface area contributed by atoms with E-state index in [0.29, 0.717) is 12.1 Å². The third-order valence-corrected chi connectivity index (χ3v) is 7.07. The van der Waals surface area contributed by atoms with Gasteiger partial charge in [-0.25, -0.2) is 0 Å². The summed E-state index contributed by atoms with van der Waals surface area (Å²) in [5, 5.41) is 13.8. The van der Waals surface area contributed by atoms with E-state index in [1.165, 1.54) is 18.5 Å². The van der Waals surface area contributed by atoms with Crippen molar-refractivity contribution in [3.05, 3.63) is 59.2 Å². The number of rotatable bonds is 4. The molecule has 0 radical (unpaired) electrons. The first-order valence-corrected chi connectivity index (χ1v) is 12.2. The lowest BCUT2D eigenvalue weighted by Crippen LogP contribution is -2.32. The number of carbonyl (C=O) groups excluding carboxylic acids is 1. The maximum atomic E-state index is 12.8. The molecule has 2 aliphatic rings. The first kappa shape index (κ1) is 22.7. The lowest BCUT2D eigenvalue weighted by atomic mass is 9.98. The van der Waals surface area contributed by atoms with E-state index in [9.17, 15) is 9.90 Å². The number of anilines is 2. The normalized spacial score (nSPS) is 20.2. The van der Waals surface area contributed by atoms with Crippen molar-refractivity contribution in [3.8, 4) is 0 Å². The number of nitrogens with one attached hydrogen (secondary N) is 1. The average molecular weight is 436 g/mol. The summed E-state index contributed by atoms with van der Waals surface area (Å²) in [6.07, 6.45) is 5.99. The van der Waals surface area contributed by atoms with Gasteiger partial charge in [0.2, 0.25) is 0 Å². The van der Waals surface area contributed by atoms with Crippen molar-refractivity contribution in [2.75, 3.05) is 36.5 Å². The van der Waals surface area contributed by atoms with E-state index in [4.69, 9.17) is 0 Å². The van der Waals surface area contributed by atoms with Crippen LogP contribution in [0.4, 0.5) is 11.4 Å². The molecule has 0 bridgehead atoms. The van der Waals surface area contributed by atoms with Crippen LogP contribution >= 0.6 is 0 Å². The van der Waals surface area contributed by atoms with Crippen LogP contribution in [-0.2, 0) is 6.54 Å². The number of nitrogens with zero attached hydrogens (tertiary/aromatic N) is 2. The minimum absolute atomic E-state index is 0.100. The van der Waals surface area contributed by atoms with Crippen LogP contribution in [0, 0.1) is 5.92 Å². The quantitative estimate of drug-likeness (QED) is 0.717. The summed E-state index contributed by atoms with van der Waals surface area (Å²) in [5.41, 5.74) is 4.85. The highest BCUT2D eigenvalue weighted by Crippen LogP contribution is 2.32. The molecule has 1 saturated heterocycles. The molecule has 4 rings (SSSR count). The van der Waals surface area contributed by atoms with Crippen LogP contribution < -0.4 is 15.1 Å². The van der Waals surface area contributed by atoms with Gasteiger partial charge in [-0.1, -0.05) is 31.9 Å². The van der Waals surface area contributed by atoms with Crippen molar-refractivity contribution < 1.29 is 9.90 Å². The molecule has 0 aliphatic carbocycles. The second-order valence-electron chi connectivity index (χ2n) is 9.58. The SMILES string of the molecule is CC1CCN(c2ccc(CNC(=O)c3ccc4c(c3)C(O)CCCCCN4C)cc2)CC1. The minimum Gasteiger partial charge on any atom is -0.388 e. The Morgan fingerprint density at radius 1 is 1.00 bits per heavy atom. The Balaban J connectivity index is 1.39. The summed E-state index contributed by atoms with van der Waals surface area (Å²) in [7, 11) is 2.06. The fourth-order valence-corrected chi connectivity index (χ4v) is 4.83. The molecule has 5 nitrogen and oxygen atoms in total. The number of aliphatic hydroxyl groups is 1. The van der Waals surface area contributed by atoms with Crippen molar-refractivity contribution in [1.29, 1.82) is 0 Å². The van der Waals surface area contributed by atoms with Gasteiger partial charge in [-0.3, -0.25) is 4.79 Å². The van der Waals surface area contributed by atoms with E-state index >= 15 is 0 Å². The minimum atomic E-state index is -0.524. The maximum Gasteiger partial charge on any atom is 0.251 e. The maximum absolute atomic E-state index is 12.8. The molecular formula is C27H37N3O2. The van der Waals surface area contributed by atoms with Gasteiger partial charge in [0.05, 0.1) is 6.10 Å². The van der Waals surface area contributed by atoms with E-state index in [1.54, 1.807) is 0 Å². The summed E-state index contributed by atoms with van der Waals surface area (Å²) < 4.78 is 0. The highest BCUT2D eigenvalue weighted by atomic mass is 16.3. The summed E-state index contributed by atoms with van der Waals surface area (Å²) in [4.78, 5) is 17.5. The Kier molecular flexibility index (Phi) is 7.36. The molecule has 2 N–H and O–H groups in total. The number of carbonyl (C=O) groups is 1. The van der Waals surface area contributed by atoms with Crippen LogP contribution in [0.2, 0.25) is 0 Å². The first-order chi connectivity index (χ1) is 15.5. The van der Waals surface area contributed by atoms with E-state index in [2.05, 4.69) is 53.4 Å². The van der Waals surface area contributed by atoms with E-state index in [-0.39, 0.29) is 5.91 Å². The topological polar surface area (TPSA) is 55.8 Å². The fourth-order valence-electron chi connectivity index (χ4n) is 4.83. The number of aliphatic hydroxyl groups excluding tert-OH is 1. The van der Waals surface area contributed by atoms with Gasteiger partial charge in [-0.05, 0) is 67.5 Å². The van der Waals surface area contributed by atoms with Crippen LogP contribution in [0.25, 0.3) is 0 Å². The molecule has 32 heavy (non-hydrogen) atoms. The molecule has 2 aliphatic heterocycles.